The van der Waals surface area contributed by atoms with Crippen molar-refractivity contribution in [2.24, 2.45) is 0 Å². The molecule has 4 rings (SSSR count). The minimum atomic E-state index is 0.302. The summed E-state index contributed by atoms with van der Waals surface area (Å²) in [6, 6.07) is 4.65. The second-order valence-corrected chi connectivity index (χ2v) is 6.34. The summed E-state index contributed by atoms with van der Waals surface area (Å²) in [5, 5.41) is 10.9. The Balaban J connectivity index is 1.47. The Morgan fingerprint density at radius 2 is 2.09 bits per heavy atom. The SMILES string of the molecule is CN(Cc1cc(C2CC2)n[nH]1)c1cc(NC2CC2)nc(N)n1. The van der Waals surface area contributed by atoms with E-state index in [1.807, 2.05) is 13.1 Å². The minimum absolute atomic E-state index is 0.302. The monoisotopic (exact) mass is 299 g/mol. The van der Waals surface area contributed by atoms with Crippen molar-refractivity contribution in [3.05, 3.63) is 23.5 Å². The summed E-state index contributed by atoms with van der Waals surface area (Å²) in [5.74, 6) is 2.59. The van der Waals surface area contributed by atoms with Crippen LogP contribution < -0.4 is 16.0 Å². The first-order chi connectivity index (χ1) is 10.7. The molecule has 0 saturated heterocycles. The van der Waals surface area contributed by atoms with Gasteiger partial charge >= 0.3 is 0 Å². The van der Waals surface area contributed by atoms with Crippen LogP contribution in [-0.4, -0.2) is 33.3 Å². The van der Waals surface area contributed by atoms with Crippen LogP contribution in [0.4, 0.5) is 17.6 Å². The van der Waals surface area contributed by atoms with E-state index in [2.05, 4.69) is 36.4 Å². The minimum Gasteiger partial charge on any atom is -0.368 e. The van der Waals surface area contributed by atoms with Crippen molar-refractivity contribution in [1.82, 2.24) is 20.2 Å². The van der Waals surface area contributed by atoms with Gasteiger partial charge in [-0.25, -0.2) is 0 Å². The number of H-pyrrole nitrogens is 1. The molecule has 2 aliphatic carbocycles. The average molecular weight is 299 g/mol. The van der Waals surface area contributed by atoms with Gasteiger partial charge < -0.3 is 16.0 Å². The zero-order valence-electron chi connectivity index (χ0n) is 12.7. The third-order valence-corrected chi connectivity index (χ3v) is 4.10. The molecule has 7 heteroatoms. The van der Waals surface area contributed by atoms with Gasteiger partial charge in [-0.2, -0.15) is 15.1 Å². The Labute approximate surface area is 129 Å². The van der Waals surface area contributed by atoms with E-state index in [4.69, 9.17) is 5.73 Å². The van der Waals surface area contributed by atoms with Crippen LogP contribution in [0.25, 0.3) is 0 Å². The standard InChI is InChI=1S/C15H21N7/c1-22(8-11-6-12(21-20-11)9-2-3-9)14-7-13(17-10-4-5-10)18-15(16)19-14/h6-7,9-10H,2-5,8H2,1H3,(H,20,21)(H3,16,17,18,19). The molecule has 0 spiro atoms. The fraction of sp³-hybridized carbons (Fsp3) is 0.533. The summed E-state index contributed by atoms with van der Waals surface area (Å²) < 4.78 is 0. The van der Waals surface area contributed by atoms with Crippen molar-refractivity contribution < 1.29 is 0 Å². The molecule has 0 unspecified atom stereocenters. The van der Waals surface area contributed by atoms with Gasteiger partial charge in [0.2, 0.25) is 5.95 Å². The first-order valence-corrected chi connectivity index (χ1v) is 7.84. The van der Waals surface area contributed by atoms with Gasteiger partial charge in [-0.1, -0.05) is 0 Å². The highest BCUT2D eigenvalue weighted by Crippen LogP contribution is 2.39. The number of nitrogens with one attached hydrogen (secondary N) is 2. The van der Waals surface area contributed by atoms with Gasteiger partial charge in [0.1, 0.15) is 11.6 Å². The number of hydrogen-bond donors (Lipinski definition) is 3. The number of aromatic amines is 1. The van der Waals surface area contributed by atoms with E-state index in [-0.39, 0.29) is 0 Å². The number of hydrogen-bond acceptors (Lipinski definition) is 6. The van der Waals surface area contributed by atoms with Crippen molar-refractivity contribution in [1.29, 1.82) is 0 Å². The number of nitrogens with zero attached hydrogens (tertiary/aromatic N) is 4. The van der Waals surface area contributed by atoms with E-state index in [1.165, 1.54) is 31.4 Å². The van der Waals surface area contributed by atoms with Crippen LogP contribution in [-0.2, 0) is 6.54 Å². The van der Waals surface area contributed by atoms with E-state index in [9.17, 15) is 0 Å². The third kappa shape index (κ3) is 2.98. The molecular formula is C15H21N7. The van der Waals surface area contributed by atoms with E-state index >= 15 is 0 Å². The Hall–Kier alpha value is -2.31. The third-order valence-electron chi connectivity index (χ3n) is 4.10. The number of nitrogen functional groups attached to an aromatic ring is 1. The van der Waals surface area contributed by atoms with Crippen LogP contribution in [0.2, 0.25) is 0 Å². The number of anilines is 3. The molecule has 2 aromatic rings. The van der Waals surface area contributed by atoms with Gasteiger partial charge in [0.05, 0.1) is 17.9 Å². The van der Waals surface area contributed by atoms with Crippen LogP contribution in [0, 0.1) is 0 Å². The summed E-state index contributed by atoms with van der Waals surface area (Å²) in [4.78, 5) is 10.6. The summed E-state index contributed by atoms with van der Waals surface area (Å²) >= 11 is 0. The Bertz CT molecular complexity index is 672. The second kappa shape index (κ2) is 5.15. The summed E-state index contributed by atoms with van der Waals surface area (Å²) in [6.07, 6.45) is 4.93. The topological polar surface area (TPSA) is 95.8 Å². The molecule has 0 radical (unpaired) electrons. The van der Waals surface area contributed by atoms with E-state index in [0.717, 1.165) is 23.9 Å². The van der Waals surface area contributed by atoms with Crippen LogP contribution in [0.3, 0.4) is 0 Å². The first kappa shape index (κ1) is 13.4. The highest BCUT2D eigenvalue weighted by Gasteiger charge is 2.26. The lowest BCUT2D eigenvalue weighted by atomic mass is 10.2. The molecule has 7 nitrogen and oxygen atoms in total. The fourth-order valence-corrected chi connectivity index (χ4v) is 2.54. The van der Waals surface area contributed by atoms with E-state index < -0.39 is 0 Å². The predicted octanol–water partition coefficient (Wildman–Crippen LogP) is 1.87. The molecule has 0 aliphatic heterocycles. The lowest BCUT2D eigenvalue weighted by Crippen LogP contribution is -2.19. The first-order valence-electron chi connectivity index (χ1n) is 7.84. The van der Waals surface area contributed by atoms with E-state index in [1.54, 1.807) is 0 Å². The Morgan fingerprint density at radius 1 is 1.27 bits per heavy atom. The molecular weight excluding hydrogens is 278 g/mol. The molecule has 2 aliphatic rings. The molecule has 2 saturated carbocycles. The van der Waals surface area contributed by atoms with Crippen LogP contribution >= 0.6 is 0 Å². The molecule has 2 aromatic heterocycles. The quantitative estimate of drug-likeness (QED) is 0.753. The maximum Gasteiger partial charge on any atom is 0.223 e. The maximum atomic E-state index is 5.83. The van der Waals surface area contributed by atoms with Crippen LogP contribution in [0.1, 0.15) is 43.0 Å². The molecule has 2 heterocycles. The molecule has 4 N–H and O–H groups in total. The maximum absolute atomic E-state index is 5.83. The number of rotatable bonds is 6. The number of nitrogens with two attached hydrogens (primary N) is 1. The summed E-state index contributed by atoms with van der Waals surface area (Å²) in [7, 11) is 2.00. The number of aromatic nitrogens is 4. The molecule has 116 valence electrons. The molecule has 0 bridgehead atoms. The fourth-order valence-electron chi connectivity index (χ4n) is 2.54. The van der Waals surface area contributed by atoms with Crippen LogP contribution in [0.15, 0.2) is 12.1 Å². The molecule has 0 amide bonds. The van der Waals surface area contributed by atoms with Crippen molar-refractivity contribution >= 4 is 17.6 Å². The summed E-state index contributed by atoms with van der Waals surface area (Å²) in [6.45, 7) is 0.721. The van der Waals surface area contributed by atoms with Gasteiger partial charge in [0.25, 0.3) is 0 Å². The van der Waals surface area contributed by atoms with Crippen molar-refractivity contribution in [3.63, 3.8) is 0 Å². The molecule has 2 fully saturated rings. The Morgan fingerprint density at radius 3 is 2.82 bits per heavy atom. The van der Waals surface area contributed by atoms with Gasteiger partial charge in [0.15, 0.2) is 0 Å². The van der Waals surface area contributed by atoms with Gasteiger partial charge in [-0.3, -0.25) is 5.10 Å². The largest absolute Gasteiger partial charge is 0.368 e. The van der Waals surface area contributed by atoms with E-state index in [0.29, 0.717) is 17.9 Å². The normalized spacial score (nSPS) is 17.5. The van der Waals surface area contributed by atoms with Crippen LogP contribution in [0.5, 0.6) is 0 Å². The zero-order chi connectivity index (χ0) is 15.1. The van der Waals surface area contributed by atoms with Crippen molar-refractivity contribution in [2.75, 3.05) is 23.0 Å². The highest BCUT2D eigenvalue weighted by atomic mass is 15.2. The lowest BCUT2D eigenvalue weighted by molar-refractivity contribution is 0.847. The lowest BCUT2D eigenvalue weighted by Gasteiger charge is -2.18. The zero-order valence-corrected chi connectivity index (χ0v) is 12.7. The van der Waals surface area contributed by atoms with Crippen molar-refractivity contribution in [2.45, 2.75) is 44.2 Å². The molecule has 0 atom stereocenters. The van der Waals surface area contributed by atoms with Gasteiger partial charge in [0, 0.05) is 25.1 Å². The van der Waals surface area contributed by atoms with Gasteiger partial charge in [-0.05, 0) is 31.7 Å². The highest BCUT2D eigenvalue weighted by molar-refractivity contribution is 5.53. The van der Waals surface area contributed by atoms with Crippen molar-refractivity contribution in [3.8, 4) is 0 Å². The average Bonchev–Trinajstić information content (AvgIpc) is 3.40. The summed E-state index contributed by atoms with van der Waals surface area (Å²) in [5.41, 5.74) is 8.11. The predicted molar refractivity (Wildman–Crippen MR) is 85.8 cm³/mol. The van der Waals surface area contributed by atoms with Gasteiger partial charge in [-0.15, -0.1) is 0 Å². The molecule has 0 aromatic carbocycles. The smallest absolute Gasteiger partial charge is 0.223 e. The molecule has 22 heavy (non-hydrogen) atoms. The second-order valence-electron chi connectivity index (χ2n) is 6.34. The Kier molecular flexibility index (Phi) is 3.13.